The predicted octanol–water partition coefficient (Wildman–Crippen LogP) is 1.32. The molecule has 0 bridgehead atoms. The third kappa shape index (κ3) is 7.96. The van der Waals surface area contributed by atoms with Gasteiger partial charge in [-0.1, -0.05) is 6.07 Å². The Morgan fingerprint density at radius 3 is 2.50 bits per heavy atom. The number of ether oxygens (including phenoxy) is 2. The number of nitrogens with one attached hydrogen (secondary N) is 2. The number of hydrogen-bond donors (Lipinski definition) is 2. The first-order valence-corrected chi connectivity index (χ1v) is 8.18. The van der Waals surface area contributed by atoms with Crippen molar-refractivity contribution in [1.29, 1.82) is 0 Å². The van der Waals surface area contributed by atoms with Crippen molar-refractivity contribution in [2.45, 2.75) is 26.8 Å². The molecule has 0 saturated heterocycles. The van der Waals surface area contributed by atoms with Crippen molar-refractivity contribution in [2.24, 2.45) is 0 Å². The highest BCUT2D eigenvalue weighted by Crippen LogP contribution is 2.25. The van der Waals surface area contributed by atoms with Gasteiger partial charge < -0.3 is 20.1 Å². The average Bonchev–Trinajstić information content (AvgIpc) is 2.49. The molecule has 2 amide bonds. The third-order valence-corrected chi connectivity index (χ3v) is 3.31. The smallest absolute Gasteiger partial charge is 0.344 e. The van der Waals surface area contributed by atoms with Gasteiger partial charge >= 0.3 is 5.97 Å². The van der Waals surface area contributed by atoms with Crippen LogP contribution in [0.4, 0.5) is 0 Å². The minimum Gasteiger partial charge on any atom is -0.481 e. The molecule has 0 atom stereocenters. The molecule has 2 N–H and O–H groups in total. The average molecular weight is 401 g/mol. The molecule has 1 rings (SSSR count). The van der Waals surface area contributed by atoms with Crippen LogP contribution < -0.4 is 15.4 Å². The lowest BCUT2D eigenvalue weighted by Gasteiger charge is -2.10. The minimum absolute atomic E-state index is 0.00882. The van der Waals surface area contributed by atoms with E-state index in [1.54, 1.807) is 6.07 Å². The summed E-state index contributed by atoms with van der Waals surface area (Å²) < 4.78 is 10.8. The van der Waals surface area contributed by atoms with E-state index in [0.29, 0.717) is 5.75 Å². The van der Waals surface area contributed by atoms with Gasteiger partial charge in [0.05, 0.1) is 11.0 Å². The maximum absolute atomic E-state index is 11.6. The Hall–Kier alpha value is -2.09. The largest absolute Gasteiger partial charge is 0.481 e. The van der Waals surface area contributed by atoms with Crippen LogP contribution in [0.3, 0.4) is 0 Å². The molecule has 0 saturated carbocycles. The van der Waals surface area contributed by atoms with Crippen LogP contribution in [0.25, 0.3) is 0 Å². The molecular weight excluding hydrogens is 380 g/mol. The molecule has 0 aliphatic heterocycles. The van der Waals surface area contributed by atoms with E-state index in [0.717, 1.165) is 10.0 Å². The van der Waals surface area contributed by atoms with Crippen LogP contribution in [0.5, 0.6) is 5.75 Å². The van der Waals surface area contributed by atoms with Gasteiger partial charge in [-0.15, -0.1) is 0 Å². The maximum atomic E-state index is 11.6. The van der Waals surface area contributed by atoms with E-state index >= 15 is 0 Å². The van der Waals surface area contributed by atoms with Crippen LogP contribution in [0.15, 0.2) is 22.7 Å². The van der Waals surface area contributed by atoms with Crippen LogP contribution in [-0.2, 0) is 19.1 Å². The highest BCUT2D eigenvalue weighted by atomic mass is 79.9. The second-order valence-corrected chi connectivity index (χ2v) is 6.24. The van der Waals surface area contributed by atoms with Crippen molar-refractivity contribution >= 4 is 33.7 Å². The van der Waals surface area contributed by atoms with Gasteiger partial charge in [0.25, 0.3) is 5.91 Å². The number of hydrogen-bond acceptors (Lipinski definition) is 5. The number of amides is 2. The second kappa shape index (κ2) is 9.92. The summed E-state index contributed by atoms with van der Waals surface area (Å²) in [5.41, 5.74) is 1.05. The summed E-state index contributed by atoms with van der Waals surface area (Å²) in [4.78, 5) is 34.4. The molecule has 0 heterocycles. The first kappa shape index (κ1) is 20.0. The first-order valence-electron chi connectivity index (χ1n) is 7.38. The number of rotatable bonds is 8. The molecule has 132 valence electrons. The molecule has 0 aromatic heterocycles. The molecule has 1 aromatic rings. The Morgan fingerprint density at radius 1 is 1.17 bits per heavy atom. The highest BCUT2D eigenvalue weighted by molar-refractivity contribution is 9.10. The zero-order valence-electron chi connectivity index (χ0n) is 13.8. The van der Waals surface area contributed by atoms with Gasteiger partial charge in [-0.05, 0) is 54.4 Å². The number of carbonyl (C=O) groups excluding carboxylic acids is 3. The molecule has 0 unspecified atom stereocenters. The Balaban J connectivity index is 2.25. The van der Waals surface area contributed by atoms with Gasteiger partial charge in [-0.2, -0.15) is 0 Å². The number of benzene rings is 1. The fourth-order valence-electron chi connectivity index (χ4n) is 1.65. The van der Waals surface area contributed by atoms with E-state index in [2.05, 4.69) is 26.6 Å². The summed E-state index contributed by atoms with van der Waals surface area (Å²) in [6.45, 7) is 4.61. The van der Waals surface area contributed by atoms with E-state index < -0.39 is 18.5 Å². The molecule has 8 heteroatoms. The Bertz CT molecular complexity index is 604. The third-order valence-electron chi connectivity index (χ3n) is 2.69. The lowest BCUT2D eigenvalue weighted by Crippen LogP contribution is -2.41. The summed E-state index contributed by atoms with van der Waals surface area (Å²) in [7, 11) is 0. The van der Waals surface area contributed by atoms with E-state index in [9.17, 15) is 14.4 Å². The van der Waals surface area contributed by atoms with Gasteiger partial charge in [-0.25, -0.2) is 4.79 Å². The molecule has 7 nitrogen and oxygen atoms in total. The summed E-state index contributed by atoms with van der Waals surface area (Å²) >= 11 is 3.33. The molecule has 1 aromatic carbocycles. The van der Waals surface area contributed by atoms with E-state index in [-0.39, 0.29) is 25.1 Å². The van der Waals surface area contributed by atoms with Gasteiger partial charge in [-0.3, -0.25) is 9.59 Å². The van der Waals surface area contributed by atoms with Crippen LogP contribution in [0.2, 0.25) is 0 Å². The first-order chi connectivity index (χ1) is 11.3. The summed E-state index contributed by atoms with van der Waals surface area (Å²) in [5, 5.41) is 4.98. The molecule has 0 radical (unpaired) electrons. The SMILES string of the molecule is Cc1ccc(OCC(=O)OCC(=O)NCC(=O)NC(C)C)c(Br)c1. The van der Waals surface area contributed by atoms with Crippen LogP contribution >= 0.6 is 15.9 Å². The lowest BCUT2D eigenvalue weighted by molar-refractivity contribution is -0.150. The zero-order chi connectivity index (χ0) is 18.1. The van der Waals surface area contributed by atoms with Gasteiger partial charge in [0.15, 0.2) is 13.2 Å². The topological polar surface area (TPSA) is 93.7 Å². The molecule has 24 heavy (non-hydrogen) atoms. The van der Waals surface area contributed by atoms with Crippen molar-refractivity contribution in [1.82, 2.24) is 10.6 Å². The van der Waals surface area contributed by atoms with Crippen LogP contribution in [-0.4, -0.2) is 43.6 Å². The quantitative estimate of drug-likeness (QED) is 0.641. The highest BCUT2D eigenvalue weighted by Gasteiger charge is 2.11. The normalized spacial score (nSPS) is 10.2. The van der Waals surface area contributed by atoms with Crippen molar-refractivity contribution in [3.8, 4) is 5.75 Å². The van der Waals surface area contributed by atoms with Gasteiger partial charge in [0, 0.05) is 6.04 Å². The monoisotopic (exact) mass is 400 g/mol. The van der Waals surface area contributed by atoms with E-state index in [1.807, 2.05) is 32.9 Å². The Kier molecular flexibility index (Phi) is 8.25. The summed E-state index contributed by atoms with van der Waals surface area (Å²) in [6.07, 6.45) is 0. The maximum Gasteiger partial charge on any atom is 0.344 e. The molecule has 0 fully saturated rings. The van der Waals surface area contributed by atoms with Crippen molar-refractivity contribution in [3.63, 3.8) is 0 Å². The lowest BCUT2D eigenvalue weighted by atomic mass is 10.2. The molecule has 0 aliphatic carbocycles. The second-order valence-electron chi connectivity index (χ2n) is 5.38. The predicted molar refractivity (Wildman–Crippen MR) is 91.6 cm³/mol. The Morgan fingerprint density at radius 2 is 1.88 bits per heavy atom. The summed E-state index contributed by atoms with van der Waals surface area (Å²) in [6, 6.07) is 5.43. The van der Waals surface area contributed by atoms with Gasteiger partial charge in [0.1, 0.15) is 5.75 Å². The summed E-state index contributed by atoms with van der Waals surface area (Å²) in [5.74, 6) is -1.03. The number of aryl methyl sites for hydroxylation is 1. The van der Waals surface area contributed by atoms with Crippen molar-refractivity contribution < 1.29 is 23.9 Å². The fourth-order valence-corrected chi connectivity index (χ4v) is 2.26. The van der Waals surface area contributed by atoms with Gasteiger partial charge in [0.2, 0.25) is 5.91 Å². The van der Waals surface area contributed by atoms with Crippen molar-refractivity contribution in [3.05, 3.63) is 28.2 Å². The van der Waals surface area contributed by atoms with E-state index in [1.165, 1.54) is 0 Å². The molecular formula is C16H21BrN2O5. The van der Waals surface area contributed by atoms with Crippen LogP contribution in [0.1, 0.15) is 19.4 Å². The molecule has 0 spiro atoms. The fraction of sp³-hybridized carbons (Fsp3) is 0.438. The number of halogens is 1. The number of esters is 1. The van der Waals surface area contributed by atoms with E-state index in [4.69, 9.17) is 9.47 Å². The zero-order valence-corrected chi connectivity index (χ0v) is 15.4. The molecule has 0 aliphatic rings. The van der Waals surface area contributed by atoms with Crippen LogP contribution in [0, 0.1) is 6.92 Å². The van der Waals surface area contributed by atoms with Crippen molar-refractivity contribution in [2.75, 3.05) is 19.8 Å². The standard InChI is InChI=1S/C16H21BrN2O5/c1-10(2)19-14(20)7-18-15(21)8-24-16(22)9-23-13-5-4-11(3)6-12(13)17/h4-6,10H,7-9H2,1-3H3,(H,18,21)(H,19,20). The number of carbonyl (C=O) groups is 3. The Labute approximate surface area is 149 Å². The minimum atomic E-state index is -0.677.